The minimum absolute atomic E-state index is 0.302. The molecule has 3 rings (SSSR count). The number of aliphatic carboxylic acids is 1. The number of carboxylic acid groups (broad SMARTS) is 1. The summed E-state index contributed by atoms with van der Waals surface area (Å²) in [7, 11) is 0. The quantitative estimate of drug-likeness (QED) is 0.882. The molecule has 1 heterocycles. The number of fused-ring (bicyclic) bond motifs is 1. The van der Waals surface area contributed by atoms with Crippen molar-refractivity contribution in [1.29, 1.82) is 0 Å². The summed E-state index contributed by atoms with van der Waals surface area (Å²) in [5.41, 5.74) is 3.40. The number of aromatic nitrogens is 2. The van der Waals surface area contributed by atoms with E-state index in [4.69, 9.17) is 5.11 Å². The second-order valence-electron chi connectivity index (χ2n) is 6.26. The van der Waals surface area contributed by atoms with Crippen molar-refractivity contribution in [3.8, 4) is 5.69 Å². The van der Waals surface area contributed by atoms with E-state index in [0.29, 0.717) is 5.69 Å². The fourth-order valence-electron chi connectivity index (χ4n) is 3.02. The first-order valence-electron chi connectivity index (χ1n) is 8.19. The Hall–Kier alpha value is -2.63. The third-order valence-electron chi connectivity index (χ3n) is 4.64. The van der Waals surface area contributed by atoms with Crippen LogP contribution in [0.1, 0.15) is 42.0 Å². The molecule has 24 heavy (non-hydrogen) atoms. The van der Waals surface area contributed by atoms with Gasteiger partial charge in [-0.05, 0) is 45.2 Å². The molecule has 1 amide bonds. The Balaban J connectivity index is 1.89. The predicted molar refractivity (Wildman–Crippen MR) is 89.3 cm³/mol. The zero-order chi connectivity index (χ0) is 17.3. The van der Waals surface area contributed by atoms with Crippen LogP contribution in [0.3, 0.4) is 0 Å². The first kappa shape index (κ1) is 16.2. The van der Waals surface area contributed by atoms with Crippen LogP contribution in [0.5, 0.6) is 0 Å². The number of nitrogens with zero attached hydrogens (tertiary/aromatic N) is 2. The van der Waals surface area contributed by atoms with E-state index in [1.54, 1.807) is 13.8 Å². The van der Waals surface area contributed by atoms with E-state index in [1.165, 1.54) is 0 Å². The molecule has 0 fully saturated rings. The normalized spacial score (nSPS) is 15.6. The van der Waals surface area contributed by atoms with Gasteiger partial charge < -0.3 is 10.4 Å². The van der Waals surface area contributed by atoms with Crippen LogP contribution in [0.25, 0.3) is 5.69 Å². The first-order valence-corrected chi connectivity index (χ1v) is 8.19. The zero-order valence-corrected chi connectivity index (χ0v) is 13.8. The number of carboxylic acids is 1. The third kappa shape index (κ3) is 2.91. The maximum Gasteiger partial charge on any atom is 0.308 e. The fourth-order valence-corrected chi connectivity index (χ4v) is 3.02. The van der Waals surface area contributed by atoms with E-state index in [-0.39, 0.29) is 5.91 Å². The highest BCUT2D eigenvalue weighted by atomic mass is 16.4. The summed E-state index contributed by atoms with van der Waals surface area (Å²) in [4.78, 5) is 23.7. The molecule has 1 aliphatic carbocycles. The average Bonchev–Trinajstić information content (AvgIpc) is 3.16. The highest BCUT2D eigenvalue weighted by Crippen LogP contribution is 2.27. The lowest BCUT2D eigenvalue weighted by Crippen LogP contribution is -2.40. The summed E-state index contributed by atoms with van der Waals surface area (Å²) < 4.78 is 1.84. The van der Waals surface area contributed by atoms with Gasteiger partial charge in [0.15, 0.2) is 5.69 Å². The van der Waals surface area contributed by atoms with Gasteiger partial charge in [0.2, 0.25) is 0 Å². The van der Waals surface area contributed by atoms with E-state index >= 15 is 0 Å². The van der Waals surface area contributed by atoms with Gasteiger partial charge in [-0.1, -0.05) is 18.2 Å². The summed E-state index contributed by atoms with van der Waals surface area (Å²) in [6.45, 7) is 3.28. The molecule has 0 bridgehead atoms. The molecule has 1 aromatic heterocycles. The van der Waals surface area contributed by atoms with Crippen LogP contribution in [0.4, 0.5) is 0 Å². The van der Waals surface area contributed by atoms with Gasteiger partial charge in [0, 0.05) is 17.3 Å². The van der Waals surface area contributed by atoms with Crippen molar-refractivity contribution in [2.45, 2.75) is 39.2 Å². The number of hydrogen-bond acceptors (Lipinski definition) is 3. The summed E-state index contributed by atoms with van der Waals surface area (Å²) in [5, 5.41) is 16.4. The van der Waals surface area contributed by atoms with Crippen molar-refractivity contribution < 1.29 is 14.7 Å². The van der Waals surface area contributed by atoms with Gasteiger partial charge in [-0.25, -0.2) is 4.68 Å². The van der Waals surface area contributed by atoms with Crippen LogP contribution in [-0.2, 0) is 17.6 Å². The van der Waals surface area contributed by atoms with Crippen molar-refractivity contribution >= 4 is 11.9 Å². The molecular formula is C18H21N3O3. The Bertz CT molecular complexity index is 767. The summed E-state index contributed by atoms with van der Waals surface area (Å²) in [6, 6.07) is 9.28. The minimum Gasteiger partial charge on any atom is -0.481 e. The Morgan fingerprint density at radius 2 is 1.92 bits per heavy atom. The van der Waals surface area contributed by atoms with Crippen LogP contribution in [0, 0.1) is 5.92 Å². The van der Waals surface area contributed by atoms with Crippen molar-refractivity contribution in [3.05, 3.63) is 47.3 Å². The van der Waals surface area contributed by atoms with Gasteiger partial charge >= 0.3 is 5.97 Å². The standard InChI is InChI=1S/C18H21N3O3/c1-11(18(23)24)12(2)19-17(22)16-14-9-6-10-15(14)21(20-16)13-7-4-3-5-8-13/h3-5,7-8,11-12H,6,9-10H2,1-2H3,(H,19,22)(H,23,24). The molecule has 2 aromatic rings. The third-order valence-corrected chi connectivity index (χ3v) is 4.64. The second kappa shape index (κ2) is 6.47. The van der Waals surface area contributed by atoms with Gasteiger partial charge in [-0.15, -0.1) is 0 Å². The Labute approximate surface area is 140 Å². The highest BCUT2D eigenvalue weighted by molar-refractivity contribution is 5.94. The predicted octanol–water partition coefficient (Wildman–Crippen LogP) is 2.20. The summed E-state index contributed by atoms with van der Waals surface area (Å²) in [5.74, 6) is -1.88. The van der Waals surface area contributed by atoms with Crippen LogP contribution in [0.15, 0.2) is 30.3 Å². The molecule has 6 heteroatoms. The van der Waals surface area contributed by atoms with Gasteiger partial charge in [0.05, 0.1) is 11.6 Å². The smallest absolute Gasteiger partial charge is 0.308 e. The number of rotatable bonds is 5. The number of hydrogen-bond donors (Lipinski definition) is 2. The lowest BCUT2D eigenvalue weighted by molar-refractivity contribution is -0.141. The average molecular weight is 327 g/mol. The van der Waals surface area contributed by atoms with Crippen LogP contribution < -0.4 is 5.32 Å². The molecule has 126 valence electrons. The topological polar surface area (TPSA) is 84.2 Å². The van der Waals surface area contributed by atoms with E-state index in [1.807, 2.05) is 35.0 Å². The number of nitrogens with one attached hydrogen (secondary N) is 1. The fraction of sp³-hybridized carbons (Fsp3) is 0.389. The lowest BCUT2D eigenvalue weighted by atomic mass is 10.0. The zero-order valence-electron chi connectivity index (χ0n) is 13.8. The molecule has 0 spiro atoms. The molecule has 2 N–H and O–H groups in total. The molecule has 0 aliphatic heterocycles. The molecule has 1 aliphatic rings. The van der Waals surface area contributed by atoms with Crippen LogP contribution >= 0.6 is 0 Å². The van der Waals surface area contributed by atoms with Crippen molar-refractivity contribution in [1.82, 2.24) is 15.1 Å². The van der Waals surface area contributed by atoms with Gasteiger partial charge in [-0.3, -0.25) is 9.59 Å². The number of amides is 1. The summed E-state index contributed by atoms with van der Waals surface area (Å²) >= 11 is 0. The maximum absolute atomic E-state index is 12.6. The van der Waals surface area contributed by atoms with E-state index in [2.05, 4.69) is 10.4 Å². The first-order chi connectivity index (χ1) is 11.5. The number of para-hydroxylation sites is 1. The number of carbonyl (C=O) groups is 2. The Morgan fingerprint density at radius 1 is 1.21 bits per heavy atom. The highest BCUT2D eigenvalue weighted by Gasteiger charge is 2.29. The molecule has 1 aromatic carbocycles. The van der Waals surface area contributed by atoms with Gasteiger partial charge in [0.25, 0.3) is 5.91 Å². The van der Waals surface area contributed by atoms with Gasteiger partial charge in [0.1, 0.15) is 0 Å². The number of benzene rings is 1. The molecular weight excluding hydrogens is 306 g/mol. The maximum atomic E-state index is 12.6. The van der Waals surface area contributed by atoms with E-state index in [0.717, 1.165) is 36.2 Å². The molecule has 0 saturated carbocycles. The van der Waals surface area contributed by atoms with Gasteiger partial charge in [-0.2, -0.15) is 5.10 Å². The van der Waals surface area contributed by atoms with Crippen molar-refractivity contribution in [2.75, 3.05) is 0 Å². The van der Waals surface area contributed by atoms with E-state index in [9.17, 15) is 9.59 Å². The van der Waals surface area contributed by atoms with E-state index < -0.39 is 17.9 Å². The molecule has 2 unspecified atom stereocenters. The second-order valence-corrected chi connectivity index (χ2v) is 6.26. The van der Waals surface area contributed by atoms with Crippen molar-refractivity contribution in [2.24, 2.45) is 5.92 Å². The largest absolute Gasteiger partial charge is 0.481 e. The molecule has 2 atom stereocenters. The Morgan fingerprint density at radius 3 is 2.58 bits per heavy atom. The monoisotopic (exact) mass is 327 g/mol. The molecule has 0 radical (unpaired) electrons. The Kier molecular flexibility index (Phi) is 4.38. The van der Waals surface area contributed by atoms with Crippen LogP contribution in [-0.4, -0.2) is 32.8 Å². The molecule has 6 nitrogen and oxygen atoms in total. The molecule has 0 saturated heterocycles. The summed E-state index contributed by atoms with van der Waals surface area (Å²) in [6.07, 6.45) is 2.72. The SMILES string of the molecule is CC(NC(=O)c1nn(-c2ccccc2)c2c1CCC2)C(C)C(=O)O. The number of carbonyl (C=O) groups excluding carboxylic acids is 1. The van der Waals surface area contributed by atoms with Crippen molar-refractivity contribution in [3.63, 3.8) is 0 Å². The van der Waals surface area contributed by atoms with Crippen LogP contribution in [0.2, 0.25) is 0 Å². The minimum atomic E-state index is -0.928. The lowest BCUT2D eigenvalue weighted by Gasteiger charge is -2.17.